The average molecular weight is 1200 g/mol. The molecule has 26 heteroatoms. The molecular formula is C42H54Br3F6N9O6S2. The van der Waals surface area contributed by atoms with Gasteiger partial charge in [-0.1, -0.05) is 91.2 Å². The predicted molar refractivity (Wildman–Crippen MR) is 267 cm³/mol. The summed E-state index contributed by atoms with van der Waals surface area (Å²) >= 11 is 11.5. The van der Waals surface area contributed by atoms with Crippen molar-refractivity contribution in [3.8, 4) is 0 Å². The second-order valence-electron chi connectivity index (χ2n) is 16.1. The molecule has 1 fully saturated rings. The van der Waals surface area contributed by atoms with Crippen molar-refractivity contribution in [2.75, 3.05) is 56.7 Å². The molecule has 0 aliphatic carbocycles. The molecule has 0 saturated carbocycles. The highest BCUT2D eigenvalue weighted by Crippen LogP contribution is 2.43. The van der Waals surface area contributed by atoms with Crippen molar-refractivity contribution in [3.63, 3.8) is 0 Å². The van der Waals surface area contributed by atoms with E-state index in [1.165, 1.54) is 44.9 Å². The van der Waals surface area contributed by atoms with Gasteiger partial charge in [0.25, 0.3) is 5.91 Å². The van der Waals surface area contributed by atoms with Gasteiger partial charge in [0.05, 0.1) is 76.8 Å². The molecule has 68 heavy (non-hydrogen) atoms. The third kappa shape index (κ3) is 16.1. The first-order valence-corrected chi connectivity index (χ1v) is 24.9. The number of aromatic amines is 1. The number of carbonyl (C=O) groups excluding carboxylic acids is 3. The number of nitrogens with one attached hydrogen (secondary N) is 3. The number of H-pyrrole nitrogens is 1. The predicted octanol–water partition coefficient (Wildman–Crippen LogP) is 11.0. The summed E-state index contributed by atoms with van der Waals surface area (Å²) in [5.41, 5.74) is -2.07. The van der Waals surface area contributed by atoms with Gasteiger partial charge in [-0.3, -0.25) is 19.5 Å². The first-order valence-electron chi connectivity index (χ1n) is 20.9. The summed E-state index contributed by atoms with van der Waals surface area (Å²) in [6, 6.07) is 1.84. The van der Waals surface area contributed by atoms with Crippen LogP contribution in [0.25, 0.3) is 42.2 Å². The lowest BCUT2D eigenvalue weighted by Crippen LogP contribution is -2.30. The highest BCUT2D eigenvalue weighted by Gasteiger charge is 2.38. The number of ether oxygens (including phenoxy) is 1. The number of nitrogens with zero attached hydrogens (tertiary/aromatic N) is 6. The summed E-state index contributed by atoms with van der Waals surface area (Å²) in [4.78, 5) is 47.1. The molecule has 2 amide bonds. The van der Waals surface area contributed by atoms with Crippen molar-refractivity contribution < 1.29 is 55.7 Å². The number of carbonyl (C=O) groups is 3. The zero-order valence-electron chi connectivity index (χ0n) is 38.6. The average Bonchev–Trinajstić information content (AvgIpc) is 4.09. The second kappa shape index (κ2) is 24.6. The number of alkyl halides is 9. The van der Waals surface area contributed by atoms with Crippen molar-refractivity contribution in [2.24, 2.45) is 0 Å². The van der Waals surface area contributed by atoms with Gasteiger partial charge in [-0.15, -0.1) is 0 Å². The maximum Gasteiger partial charge on any atom is 0.418 e. The van der Waals surface area contributed by atoms with E-state index < -0.39 is 54.2 Å². The van der Waals surface area contributed by atoms with Crippen LogP contribution in [0.15, 0.2) is 24.5 Å². The number of aliphatic hydroxyl groups excluding tert-OH is 2. The van der Waals surface area contributed by atoms with Gasteiger partial charge in [0.1, 0.15) is 4.32 Å². The van der Waals surface area contributed by atoms with Crippen molar-refractivity contribution in [1.29, 1.82) is 0 Å². The normalized spacial score (nSPS) is 13.3. The standard InChI is InChI=1S/C17H15Br2F3N4O2S.C13H10BrF3N4OS.C6H15N.C4H8O.C2H6O2/c1-15(2,18)12(27)25-14-24-10-8(17(20,21)22)5-9-7(11(10)29-14)6-23-26(9)13(28)16(3,4)19;1-12(2,14)10(22)20-11-19-8-6(13(15,16)17)3-7-5(4-18-21-7)9(8)23-11;1-4-7(5-2)6-3;1-2-4-5-3-1;3-1-2-4/h5-6H,1-4H3,(H,24,25,27);3-4H,1-2H3,(H,18,21)(H,19,20,22);4-6H2,1-3H3;1-4H2;3-4H,1-2H2. The summed E-state index contributed by atoms with van der Waals surface area (Å²) in [5.74, 6) is -1.36. The number of anilines is 2. The van der Waals surface area contributed by atoms with E-state index in [0.29, 0.717) is 15.5 Å². The summed E-state index contributed by atoms with van der Waals surface area (Å²) in [6.45, 7) is 21.5. The zero-order chi connectivity index (χ0) is 51.6. The lowest BCUT2D eigenvalue weighted by atomic mass is 10.1. The smallest absolute Gasteiger partial charge is 0.394 e. The van der Waals surface area contributed by atoms with Gasteiger partial charge in [-0.2, -0.15) is 41.2 Å². The molecule has 6 aromatic rings. The molecular weight excluding hydrogens is 1140 g/mol. The molecule has 15 nitrogen and oxygen atoms in total. The van der Waals surface area contributed by atoms with E-state index in [4.69, 9.17) is 14.9 Å². The van der Waals surface area contributed by atoms with E-state index in [2.05, 4.69) is 109 Å². The van der Waals surface area contributed by atoms with E-state index >= 15 is 0 Å². The molecule has 4 aromatic heterocycles. The molecule has 1 aliphatic rings. The Morgan fingerprint density at radius 2 is 1.18 bits per heavy atom. The summed E-state index contributed by atoms with van der Waals surface area (Å²) in [5, 5.41) is 31.6. The second-order valence-corrected chi connectivity index (χ2v) is 24.0. The molecule has 2 aromatic carbocycles. The highest BCUT2D eigenvalue weighted by molar-refractivity contribution is 9.10. The van der Waals surface area contributed by atoms with Crippen LogP contribution in [-0.4, -0.2) is 122 Å². The van der Waals surface area contributed by atoms with E-state index in [-0.39, 0.29) is 50.2 Å². The topological polar surface area (TPSA) is 200 Å². The molecule has 7 rings (SSSR count). The van der Waals surface area contributed by atoms with Crippen molar-refractivity contribution in [1.82, 2.24) is 34.8 Å². The van der Waals surface area contributed by atoms with Crippen molar-refractivity contribution >= 4 is 141 Å². The molecule has 5 heterocycles. The Kier molecular flexibility index (Phi) is 21.4. The Morgan fingerprint density at radius 1 is 0.735 bits per heavy atom. The number of thiazole rings is 2. The van der Waals surface area contributed by atoms with Gasteiger partial charge in [0.2, 0.25) is 11.8 Å². The third-order valence-corrected chi connectivity index (χ3v) is 12.5. The molecule has 0 unspecified atom stereocenters. The van der Waals surface area contributed by atoms with E-state index in [1.807, 2.05) is 0 Å². The zero-order valence-corrected chi connectivity index (χ0v) is 45.0. The number of halogens is 9. The highest BCUT2D eigenvalue weighted by atomic mass is 79.9. The molecule has 1 saturated heterocycles. The minimum absolute atomic E-state index is 0.0182. The molecule has 0 bridgehead atoms. The van der Waals surface area contributed by atoms with Gasteiger partial charge < -0.3 is 30.5 Å². The maximum absolute atomic E-state index is 13.7. The van der Waals surface area contributed by atoms with E-state index in [9.17, 15) is 40.7 Å². The Labute approximate surface area is 421 Å². The van der Waals surface area contributed by atoms with Crippen LogP contribution in [0.2, 0.25) is 0 Å². The van der Waals surface area contributed by atoms with Gasteiger partial charge >= 0.3 is 12.4 Å². The number of fused-ring (bicyclic) bond motifs is 6. The number of hydrogen-bond donors (Lipinski definition) is 5. The lowest BCUT2D eigenvalue weighted by molar-refractivity contribution is -0.137. The van der Waals surface area contributed by atoms with Crippen molar-refractivity contribution in [2.45, 2.75) is 100 Å². The van der Waals surface area contributed by atoms with Gasteiger partial charge in [0.15, 0.2) is 10.3 Å². The molecule has 5 N–H and O–H groups in total. The molecule has 0 spiro atoms. The Hall–Kier alpha value is -3.37. The van der Waals surface area contributed by atoms with Crippen LogP contribution in [-0.2, 0) is 26.7 Å². The summed E-state index contributed by atoms with van der Waals surface area (Å²) < 4.78 is 84.5. The van der Waals surface area contributed by atoms with Gasteiger partial charge in [0, 0.05) is 24.0 Å². The van der Waals surface area contributed by atoms with Crippen LogP contribution in [0.3, 0.4) is 0 Å². The summed E-state index contributed by atoms with van der Waals surface area (Å²) in [6.07, 6.45) is -3.94. The fraction of sp³-hybridized carbons (Fsp3) is 0.548. The summed E-state index contributed by atoms with van der Waals surface area (Å²) in [7, 11) is 0. The fourth-order valence-corrected chi connectivity index (χ4v) is 8.03. The monoisotopic (exact) mass is 1200 g/mol. The van der Waals surface area contributed by atoms with Gasteiger partial charge in [-0.25, -0.2) is 9.97 Å². The van der Waals surface area contributed by atoms with Gasteiger partial charge in [-0.05, 0) is 86.2 Å². The van der Waals surface area contributed by atoms with E-state index in [0.717, 1.165) is 52.7 Å². The molecule has 0 radical (unpaired) electrons. The van der Waals surface area contributed by atoms with Crippen LogP contribution < -0.4 is 10.6 Å². The molecule has 1 aliphatic heterocycles. The molecule has 0 atom stereocenters. The quantitative estimate of drug-likeness (QED) is 0.0681. The maximum atomic E-state index is 13.7. The van der Waals surface area contributed by atoms with Crippen LogP contribution in [0.5, 0.6) is 0 Å². The Morgan fingerprint density at radius 3 is 1.53 bits per heavy atom. The first-order chi connectivity index (χ1) is 31.4. The minimum atomic E-state index is -4.71. The third-order valence-electron chi connectivity index (χ3n) is 9.40. The van der Waals surface area contributed by atoms with E-state index in [1.54, 1.807) is 41.5 Å². The number of amides is 2. The number of hydrogen-bond acceptors (Lipinski definition) is 13. The number of aromatic nitrogens is 6. The van der Waals surface area contributed by atoms with Crippen LogP contribution >= 0.6 is 70.5 Å². The number of aliphatic hydroxyl groups is 2. The first kappa shape index (κ1) is 58.9. The SMILES string of the molecule is C1CCOC1.CC(C)(Br)C(=O)Nc1nc2c(C(F)(F)F)cc3[nH]ncc3c2s1.CC(C)(Br)C(=O)Nc1nc2c(C(F)(F)F)cc3c(cnn3C(=O)C(C)(C)Br)c2s1.CCN(CC)CC.OCCO. The fourth-order valence-electron chi connectivity index (χ4n) is 5.67. The van der Waals surface area contributed by atoms with Crippen LogP contribution in [0.4, 0.5) is 36.6 Å². The number of rotatable bonds is 9. The minimum Gasteiger partial charge on any atom is -0.394 e. The largest absolute Gasteiger partial charge is 0.418 e. The Balaban J connectivity index is 0.000000276. The van der Waals surface area contributed by atoms with Crippen LogP contribution in [0.1, 0.15) is 91.1 Å². The number of benzene rings is 2. The van der Waals surface area contributed by atoms with Crippen LogP contribution in [0, 0.1) is 0 Å². The lowest BCUT2D eigenvalue weighted by Gasteiger charge is -2.15. The van der Waals surface area contributed by atoms with Crippen molar-refractivity contribution in [3.05, 3.63) is 35.7 Å². The molecule has 378 valence electrons. The Bertz CT molecular complexity index is 2610.